The zero-order chi connectivity index (χ0) is 22.0. The molecule has 4 aromatic rings. The molecule has 0 amide bonds. The van der Waals surface area contributed by atoms with Crippen molar-refractivity contribution in [3.63, 3.8) is 0 Å². The van der Waals surface area contributed by atoms with E-state index in [2.05, 4.69) is 30.9 Å². The fourth-order valence-electron chi connectivity index (χ4n) is 3.01. The second kappa shape index (κ2) is 7.98. The lowest BCUT2D eigenvalue weighted by Gasteiger charge is -2.24. The number of aromatic nitrogens is 3. The minimum atomic E-state index is -0.565. The molecule has 2 aromatic heterocycles. The van der Waals surface area contributed by atoms with Gasteiger partial charge in [-0.2, -0.15) is 4.98 Å². The molecule has 0 saturated carbocycles. The van der Waals surface area contributed by atoms with Gasteiger partial charge in [0.15, 0.2) is 0 Å². The monoisotopic (exact) mass is 414 g/mol. The fourth-order valence-corrected chi connectivity index (χ4v) is 3.01. The molecule has 0 bridgehead atoms. The summed E-state index contributed by atoms with van der Waals surface area (Å²) < 4.78 is 0. The minimum absolute atomic E-state index is 0.212. The van der Waals surface area contributed by atoms with E-state index >= 15 is 0 Å². The van der Waals surface area contributed by atoms with Crippen LogP contribution in [0, 0.1) is 0 Å². The minimum Gasteiger partial charge on any atom is -0.375 e. The Bertz CT molecular complexity index is 1270. The van der Waals surface area contributed by atoms with E-state index in [1.165, 1.54) is 0 Å². The first-order valence-corrected chi connectivity index (χ1v) is 9.80. The third kappa shape index (κ3) is 4.58. The third-order valence-electron chi connectivity index (χ3n) is 4.42. The van der Waals surface area contributed by atoms with Crippen LogP contribution in [0.2, 0.25) is 0 Å². The Morgan fingerprint density at radius 2 is 1.52 bits per heavy atom. The number of hydrogen-bond donors (Lipinski definition) is 3. The van der Waals surface area contributed by atoms with Gasteiger partial charge in [0, 0.05) is 29.2 Å². The predicted octanol–water partition coefficient (Wildman–Crippen LogP) is 3.83. The van der Waals surface area contributed by atoms with E-state index in [-0.39, 0.29) is 16.9 Å². The molecule has 0 atom stereocenters. The van der Waals surface area contributed by atoms with Crippen molar-refractivity contribution in [3.8, 4) is 11.3 Å². The fraction of sp³-hybridized carbons (Fsp3) is 0.174. The highest BCUT2D eigenvalue weighted by atomic mass is 16.2. The molecule has 156 valence electrons. The van der Waals surface area contributed by atoms with Crippen LogP contribution in [0.15, 0.2) is 70.5 Å². The van der Waals surface area contributed by atoms with E-state index in [0.29, 0.717) is 11.8 Å². The van der Waals surface area contributed by atoms with Gasteiger partial charge in [-0.15, -0.1) is 0 Å². The summed E-state index contributed by atoms with van der Waals surface area (Å²) in [4.78, 5) is 36.9. The second-order valence-electron chi connectivity index (χ2n) is 8.09. The smallest absolute Gasteiger partial charge is 0.253 e. The van der Waals surface area contributed by atoms with Gasteiger partial charge in [0.25, 0.3) is 10.9 Å². The lowest BCUT2D eigenvalue weighted by atomic mass is 10.1. The van der Waals surface area contributed by atoms with Crippen molar-refractivity contribution in [2.75, 3.05) is 16.0 Å². The van der Waals surface area contributed by atoms with Gasteiger partial charge in [0.1, 0.15) is 17.2 Å². The molecule has 0 aliphatic carbocycles. The van der Waals surface area contributed by atoms with Gasteiger partial charge in [0.2, 0.25) is 5.95 Å². The Morgan fingerprint density at radius 1 is 0.774 bits per heavy atom. The maximum absolute atomic E-state index is 12.0. The molecule has 0 saturated heterocycles. The van der Waals surface area contributed by atoms with Gasteiger partial charge < -0.3 is 16.0 Å². The van der Waals surface area contributed by atoms with Gasteiger partial charge in [-0.1, -0.05) is 18.2 Å². The van der Waals surface area contributed by atoms with Crippen LogP contribution >= 0.6 is 0 Å². The van der Waals surface area contributed by atoms with Crippen LogP contribution in [0.3, 0.4) is 0 Å². The molecule has 0 unspecified atom stereocenters. The Kier molecular flexibility index (Phi) is 5.21. The highest BCUT2D eigenvalue weighted by Crippen LogP contribution is 2.24. The van der Waals surface area contributed by atoms with E-state index in [1.54, 1.807) is 18.5 Å². The van der Waals surface area contributed by atoms with E-state index in [0.717, 1.165) is 16.9 Å². The molecule has 0 radical (unpaired) electrons. The molecule has 4 rings (SSSR count). The molecule has 0 aliphatic rings. The molecule has 2 heterocycles. The first-order chi connectivity index (χ1) is 14.8. The number of nitrogens with zero attached hydrogens (tertiary/aromatic N) is 3. The average Bonchev–Trinajstić information content (AvgIpc) is 2.76. The number of anilines is 5. The van der Waals surface area contributed by atoms with Crippen molar-refractivity contribution in [3.05, 3.63) is 81.4 Å². The summed E-state index contributed by atoms with van der Waals surface area (Å²) in [6.07, 6.45) is 3.33. The molecule has 0 aliphatic heterocycles. The largest absolute Gasteiger partial charge is 0.375 e. The number of hydrogen-bond acceptors (Lipinski definition) is 8. The highest BCUT2D eigenvalue weighted by molar-refractivity contribution is 5.78. The van der Waals surface area contributed by atoms with Gasteiger partial charge in [-0.05, 0) is 51.1 Å². The zero-order valence-corrected chi connectivity index (χ0v) is 17.4. The number of rotatable bonds is 6. The van der Waals surface area contributed by atoms with Crippen molar-refractivity contribution >= 4 is 28.8 Å². The van der Waals surface area contributed by atoms with E-state index in [9.17, 15) is 9.59 Å². The SMILES string of the molecule is CC(C)(C)Nc1c(Nc2ccnc(Nc3ccc(-c4ccccn4)cc3)n2)c(=O)c1=O. The molecule has 8 nitrogen and oxygen atoms in total. The zero-order valence-electron chi connectivity index (χ0n) is 17.4. The van der Waals surface area contributed by atoms with E-state index in [1.807, 2.05) is 63.2 Å². The van der Waals surface area contributed by atoms with Crippen LogP contribution in [0.4, 0.5) is 28.8 Å². The molecule has 0 fully saturated rings. The molecule has 2 aromatic carbocycles. The van der Waals surface area contributed by atoms with E-state index < -0.39 is 10.9 Å². The Morgan fingerprint density at radius 3 is 2.19 bits per heavy atom. The third-order valence-corrected chi connectivity index (χ3v) is 4.42. The summed E-state index contributed by atoms with van der Waals surface area (Å²) >= 11 is 0. The first kappa shape index (κ1) is 20.2. The first-order valence-electron chi connectivity index (χ1n) is 9.80. The van der Waals surface area contributed by atoms with Crippen LogP contribution in [-0.4, -0.2) is 20.5 Å². The van der Waals surface area contributed by atoms with Gasteiger partial charge >= 0.3 is 0 Å². The predicted molar refractivity (Wildman–Crippen MR) is 123 cm³/mol. The molecule has 8 heteroatoms. The van der Waals surface area contributed by atoms with Crippen molar-refractivity contribution in [1.29, 1.82) is 0 Å². The second-order valence-corrected chi connectivity index (χ2v) is 8.09. The molecule has 0 spiro atoms. The Hall–Kier alpha value is -4.07. The van der Waals surface area contributed by atoms with Crippen LogP contribution in [0.25, 0.3) is 11.3 Å². The number of nitrogens with one attached hydrogen (secondary N) is 3. The molecule has 3 N–H and O–H groups in total. The Balaban J connectivity index is 1.49. The van der Waals surface area contributed by atoms with Crippen LogP contribution in [0.1, 0.15) is 20.8 Å². The van der Waals surface area contributed by atoms with Crippen LogP contribution < -0.4 is 26.8 Å². The standard InChI is InChI=1S/C23H22N6O2/c1-23(2,3)29-19-18(20(30)21(19)31)27-17-11-13-25-22(28-17)26-15-9-7-14(8-10-15)16-6-4-5-12-24-16/h4-13,29H,1-3H3,(H2,25,26,27,28). The lowest BCUT2D eigenvalue weighted by molar-refractivity contribution is 0.632. The summed E-state index contributed by atoms with van der Waals surface area (Å²) in [5, 5.41) is 9.13. The molecular formula is C23H22N6O2. The molecule has 31 heavy (non-hydrogen) atoms. The van der Waals surface area contributed by atoms with Crippen LogP contribution in [0.5, 0.6) is 0 Å². The summed E-state index contributed by atoms with van der Waals surface area (Å²) in [5.41, 5.74) is 1.74. The topological polar surface area (TPSA) is 109 Å². The number of benzene rings is 1. The normalized spacial score (nSPS) is 11.3. The van der Waals surface area contributed by atoms with Crippen molar-refractivity contribution in [2.45, 2.75) is 26.3 Å². The van der Waals surface area contributed by atoms with Gasteiger partial charge in [0.05, 0.1) is 5.69 Å². The quantitative estimate of drug-likeness (QED) is 0.409. The summed E-state index contributed by atoms with van der Waals surface area (Å²) in [6.45, 7) is 5.75. The average molecular weight is 414 g/mol. The van der Waals surface area contributed by atoms with Crippen LogP contribution in [-0.2, 0) is 0 Å². The summed E-state index contributed by atoms with van der Waals surface area (Å²) in [6, 6.07) is 15.1. The Labute approximate surface area is 179 Å². The van der Waals surface area contributed by atoms with Crippen molar-refractivity contribution < 1.29 is 0 Å². The number of pyridine rings is 1. The summed E-state index contributed by atoms with van der Waals surface area (Å²) in [5.74, 6) is 0.770. The summed E-state index contributed by atoms with van der Waals surface area (Å²) in [7, 11) is 0. The van der Waals surface area contributed by atoms with Gasteiger partial charge in [-0.3, -0.25) is 14.6 Å². The maximum Gasteiger partial charge on any atom is 0.253 e. The highest BCUT2D eigenvalue weighted by Gasteiger charge is 2.25. The van der Waals surface area contributed by atoms with Crippen molar-refractivity contribution in [1.82, 2.24) is 15.0 Å². The molecular weight excluding hydrogens is 392 g/mol. The van der Waals surface area contributed by atoms with Gasteiger partial charge in [-0.25, -0.2) is 4.98 Å². The van der Waals surface area contributed by atoms with E-state index in [4.69, 9.17) is 0 Å². The van der Waals surface area contributed by atoms with Crippen molar-refractivity contribution in [2.24, 2.45) is 0 Å². The lowest BCUT2D eigenvalue weighted by Crippen LogP contribution is -2.41. The maximum atomic E-state index is 12.0.